The van der Waals surface area contributed by atoms with Crippen LogP contribution >= 0.6 is 11.3 Å². The van der Waals surface area contributed by atoms with E-state index in [0.717, 1.165) is 21.8 Å². The van der Waals surface area contributed by atoms with Crippen LogP contribution < -0.4 is 4.74 Å². The Labute approximate surface area is 184 Å². The average molecular weight is 429 g/mol. The first kappa shape index (κ1) is 20.4. The Morgan fingerprint density at radius 2 is 1.90 bits per heavy atom. The fourth-order valence-electron chi connectivity index (χ4n) is 3.14. The van der Waals surface area contributed by atoms with E-state index in [4.69, 9.17) is 9.84 Å². The van der Waals surface area contributed by atoms with Gasteiger partial charge in [-0.1, -0.05) is 36.4 Å². The number of ether oxygens (including phenoxy) is 1. The smallest absolute Gasteiger partial charge is 0.260 e. The zero-order chi connectivity index (χ0) is 21.6. The highest BCUT2D eigenvalue weighted by molar-refractivity contribution is 7.13. The van der Waals surface area contributed by atoms with E-state index in [9.17, 15) is 10.1 Å². The molecule has 0 radical (unpaired) electrons. The molecule has 2 heterocycles. The molecule has 0 unspecified atom stereocenters. The lowest BCUT2D eigenvalue weighted by atomic mass is 10.2. The predicted molar refractivity (Wildman–Crippen MR) is 120 cm³/mol. The summed E-state index contributed by atoms with van der Waals surface area (Å²) >= 11 is 1.61. The van der Waals surface area contributed by atoms with Crippen LogP contribution in [0.3, 0.4) is 0 Å². The average Bonchev–Trinajstić information content (AvgIpc) is 3.48. The molecule has 4 rings (SSSR count). The number of para-hydroxylation sites is 2. The van der Waals surface area contributed by atoms with E-state index in [1.54, 1.807) is 47.5 Å². The quantitative estimate of drug-likeness (QED) is 0.434. The van der Waals surface area contributed by atoms with Gasteiger partial charge in [-0.3, -0.25) is 4.79 Å². The van der Waals surface area contributed by atoms with Crippen molar-refractivity contribution in [2.75, 3.05) is 13.7 Å². The lowest BCUT2D eigenvalue weighted by Crippen LogP contribution is -2.31. The van der Waals surface area contributed by atoms with Crippen molar-refractivity contribution >= 4 is 17.2 Å². The Morgan fingerprint density at radius 3 is 2.65 bits per heavy atom. The fraction of sp³-hybridized carbons (Fsp3) is 0.125. The van der Waals surface area contributed by atoms with Gasteiger partial charge in [0.2, 0.25) is 0 Å². The summed E-state index contributed by atoms with van der Waals surface area (Å²) in [7, 11) is 1.74. The van der Waals surface area contributed by atoms with Gasteiger partial charge in [0, 0.05) is 25.4 Å². The summed E-state index contributed by atoms with van der Waals surface area (Å²) in [6, 6.07) is 22.8. The summed E-state index contributed by atoms with van der Waals surface area (Å²) in [6.45, 7) is 0.249. The molecule has 1 amide bonds. The molecule has 4 aromatic rings. The molecule has 2 aromatic heterocycles. The first-order chi connectivity index (χ1) is 15.2. The van der Waals surface area contributed by atoms with Gasteiger partial charge in [0.25, 0.3) is 5.91 Å². The molecule has 0 spiro atoms. The van der Waals surface area contributed by atoms with Crippen molar-refractivity contribution in [1.29, 1.82) is 5.26 Å². The van der Waals surface area contributed by atoms with Crippen molar-refractivity contribution in [2.45, 2.75) is 6.54 Å². The summed E-state index contributed by atoms with van der Waals surface area (Å²) < 4.78 is 7.43. The van der Waals surface area contributed by atoms with Crippen LogP contribution in [-0.2, 0) is 11.3 Å². The van der Waals surface area contributed by atoms with Crippen molar-refractivity contribution in [3.05, 3.63) is 89.4 Å². The normalized spacial score (nSPS) is 10.5. The van der Waals surface area contributed by atoms with Gasteiger partial charge in [-0.15, -0.1) is 11.3 Å². The SMILES string of the molecule is CN(Cc1cn(-c2ccccc2)nc1-c1cccs1)C(=O)COc1ccccc1C#N. The summed E-state index contributed by atoms with van der Waals surface area (Å²) in [4.78, 5) is 15.3. The van der Waals surface area contributed by atoms with E-state index in [1.165, 1.54) is 0 Å². The summed E-state index contributed by atoms with van der Waals surface area (Å²) in [5, 5.41) is 16.0. The maximum Gasteiger partial charge on any atom is 0.260 e. The van der Waals surface area contributed by atoms with E-state index in [0.29, 0.717) is 17.9 Å². The van der Waals surface area contributed by atoms with Crippen LogP contribution in [0, 0.1) is 11.3 Å². The van der Waals surface area contributed by atoms with Gasteiger partial charge >= 0.3 is 0 Å². The Morgan fingerprint density at radius 1 is 1.13 bits per heavy atom. The number of nitrogens with zero attached hydrogens (tertiary/aromatic N) is 4. The molecule has 0 aliphatic carbocycles. The number of carbonyl (C=O) groups excluding carboxylic acids is 1. The number of carbonyl (C=O) groups is 1. The van der Waals surface area contributed by atoms with Crippen molar-refractivity contribution in [3.8, 4) is 28.1 Å². The molecule has 0 atom stereocenters. The number of nitriles is 1. The summed E-state index contributed by atoms with van der Waals surface area (Å²) in [5.41, 5.74) is 3.16. The Kier molecular flexibility index (Phi) is 6.11. The Hall–Kier alpha value is -3.89. The van der Waals surface area contributed by atoms with Crippen molar-refractivity contribution < 1.29 is 9.53 Å². The Balaban J connectivity index is 1.52. The van der Waals surface area contributed by atoms with Gasteiger partial charge in [0.1, 0.15) is 17.5 Å². The molecular weight excluding hydrogens is 408 g/mol. The molecule has 154 valence electrons. The van der Waals surface area contributed by atoms with E-state index < -0.39 is 0 Å². The van der Waals surface area contributed by atoms with Crippen LogP contribution in [-0.4, -0.2) is 34.2 Å². The molecule has 0 aliphatic heterocycles. The van der Waals surface area contributed by atoms with Crippen molar-refractivity contribution in [3.63, 3.8) is 0 Å². The maximum absolute atomic E-state index is 12.7. The largest absolute Gasteiger partial charge is 0.482 e. The van der Waals surface area contributed by atoms with Crippen LogP contribution in [0.5, 0.6) is 5.75 Å². The second-order valence-corrected chi connectivity index (χ2v) is 7.85. The molecule has 7 heteroatoms. The first-order valence-electron chi connectivity index (χ1n) is 9.69. The zero-order valence-corrected chi connectivity index (χ0v) is 17.7. The number of amides is 1. The van der Waals surface area contributed by atoms with Crippen LogP contribution in [0.2, 0.25) is 0 Å². The Bertz CT molecular complexity index is 1210. The lowest BCUT2D eigenvalue weighted by Gasteiger charge is -2.17. The second-order valence-electron chi connectivity index (χ2n) is 6.91. The molecule has 31 heavy (non-hydrogen) atoms. The third kappa shape index (κ3) is 4.65. The van der Waals surface area contributed by atoms with Gasteiger partial charge in [-0.05, 0) is 35.7 Å². The molecule has 6 nitrogen and oxygen atoms in total. The van der Waals surface area contributed by atoms with E-state index in [1.807, 2.05) is 58.7 Å². The molecule has 2 aromatic carbocycles. The number of rotatable bonds is 7. The monoisotopic (exact) mass is 428 g/mol. The zero-order valence-electron chi connectivity index (χ0n) is 16.9. The van der Waals surface area contributed by atoms with Gasteiger partial charge in [-0.25, -0.2) is 4.68 Å². The minimum absolute atomic E-state index is 0.143. The molecule has 0 saturated carbocycles. The lowest BCUT2D eigenvalue weighted by molar-refractivity contribution is -0.132. The van der Waals surface area contributed by atoms with Gasteiger partial charge in [0.05, 0.1) is 16.1 Å². The highest BCUT2D eigenvalue weighted by atomic mass is 32.1. The highest BCUT2D eigenvalue weighted by Gasteiger charge is 2.18. The van der Waals surface area contributed by atoms with Crippen LogP contribution in [0.1, 0.15) is 11.1 Å². The standard InChI is InChI=1S/C24H20N4O2S/c1-27(23(29)17-30-21-11-6-5-8-18(21)14-25)15-19-16-28(20-9-3-2-4-10-20)26-24(19)22-12-7-13-31-22/h2-13,16H,15,17H2,1H3. The minimum Gasteiger partial charge on any atom is -0.482 e. The predicted octanol–water partition coefficient (Wildman–Crippen LogP) is 4.51. The van der Waals surface area contributed by atoms with Crippen LogP contribution in [0.4, 0.5) is 0 Å². The van der Waals surface area contributed by atoms with Crippen LogP contribution in [0.15, 0.2) is 78.3 Å². The molecule has 0 N–H and O–H groups in total. The molecule has 0 fully saturated rings. The number of aromatic nitrogens is 2. The third-order valence-electron chi connectivity index (χ3n) is 4.76. The molecular formula is C24H20N4O2S. The minimum atomic E-state index is -0.183. The number of hydrogen-bond donors (Lipinski definition) is 0. The van der Waals surface area contributed by atoms with E-state index in [-0.39, 0.29) is 12.5 Å². The number of thiophene rings is 1. The van der Waals surface area contributed by atoms with Gasteiger partial charge in [0.15, 0.2) is 6.61 Å². The third-order valence-corrected chi connectivity index (χ3v) is 5.63. The summed E-state index contributed by atoms with van der Waals surface area (Å²) in [5.74, 6) is 0.222. The number of benzene rings is 2. The molecule has 0 aliphatic rings. The number of likely N-dealkylation sites (N-methyl/N-ethyl adjacent to an activating group) is 1. The van der Waals surface area contributed by atoms with Gasteiger partial charge in [-0.2, -0.15) is 10.4 Å². The van der Waals surface area contributed by atoms with E-state index >= 15 is 0 Å². The first-order valence-corrected chi connectivity index (χ1v) is 10.6. The van der Waals surface area contributed by atoms with Gasteiger partial charge < -0.3 is 9.64 Å². The fourth-order valence-corrected chi connectivity index (χ4v) is 3.88. The molecule has 0 saturated heterocycles. The summed E-state index contributed by atoms with van der Waals surface area (Å²) in [6.07, 6.45) is 1.96. The van der Waals surface area contributed by atoms with Crippen LogP contribution in [0.25, 0.3) is 16.3 Å². The van der Waals surface area contributed by atoms with E-state index in [2.05, 4.69) is 6.07 Å². The van der Waals surface area contributed by atoms with Crippen molar-refractivity contribution in [1.82, 2.24) is 14.7 Å². The topological polar surface area (TPSA) is 71.2 Å². The second kappa shape index (κ2) is 9.28. The molecule has 0 bridgehead atoms. The van der Waals surface area contributed by atoms with Crippen molar-refractivity contribution in [2.24, 2.45) is 0 Å². The highest BCUT2D eigenvalue weighted by Crippen LogP contribution is 2.28. The maximum atomic E-state index is 12.7. The number of hydrogen-bond acceptors (Lipinski definition) is 5.